The number of ether oxygens (including phenoxy) is 1. The number of benzene rings is 1. The molecule has 0 aliphatic heterocycles. The molecule has 0 bridgehead atoms. The zero-order chi connectivity index (χ0) is 26.6. The maximum absolute atomic E-state index is 13.0. The highest BCUT2D eigenvalue weighted by atomic mass is 32.2. The third-order valence-electron chi connectivity index (χ3n) is 5.53. The monoisotopic (exact) mass is 509 g/mol. The Kier molecular flexibility index (Phi) is 7.99. The Morgan fingerprint density at radius 3 is 2.53 bits per heavy atom. The van der Waals surface area contributed by atoms with Gasteiger partial charge in [-0.15, -0.1) is 0 Å². The van der Waals surface area contributed by atoms with E-state index in [1.54, 1.807) is 12.1 Å². The van der Waals surface area contributed by atoms with Gasteiger partial charge in [-0.3, -0.25) is 9.78 Å². The summed E-state index contributed by atoms with van der Waals surface area (Å²) >= 11 is 0. The van der Waals surface area contributed by atoms with Gasteiger partial charge in [-0.05, 0) is 25.1 Å². The van der Waals surface area contributed by atoms with Crippen LogP contribution in [0.1, 0.15) is 16.8 Å². The van der Waals surface area contributed by atoms with Gasteiger partial charge in [0.1, 0.15) is 23.6 Å². The van der Waals surface area contributed by atoms with Crippen molar-refractivity contribution < 1.29 is 17.9 Å². The molecule has 2 aromatic heterocycles. The number of nitrogens with two attached hydrogens (primary N) is 1. The van der Waals surface area contributed by atoms with Crippen LogP contribution >= 0.6 is 0 Å². The van der Waals surface area contributed by atoms with Crippen LogP contribution in [0.4, 0.5) is 5.69 Å². The number of pyridine rings is 2. The molecular formula is C26H31N5O4S. The maximum Gasteiger partial charge on any atom is 0.237 e. The third-order valence-corrected chi connectivity index (χ3v) is 7.18. The minimum absolute atomic E-state index is 0.133. The number of anilines is 1. The van der Waals surface area contributed by atoms with Crippen molar-refractivity contribution in [3.05, 3.63) is 72.2 Å². The molecule has 190 valence electrons. The van der Waals surface area contributed by atoms with Crippen LogP contribution < -0.4 is 10.5 Å². The van der Waals surface area contributed by atoms with Crippen molar-refractivity contribution in [3.8, 4) is 5.75 Å². The van der Waals surface area contributed by atoms with Crippen LogP contribution in [0.15, 0.2) is 60.3 Å². The molecule has 0 unspecified atom stereocenters. The summed E-state index contributed by atoms with van der Waals surface area (Å²) < 4.78 is 32.1. The number of aromatic nitrogens is 2. The number of hydrogen-bond acceptors (Lipinski definition) is 8. The van der Waals surface area contributed by atoms with Gasteiger partial charge in [-0.1, -0.05) is 24.8 Å². The Hall–Kier alpha value is -3.92. The van der Waals surface area contributed by atoms with E-state index in [4.69, 9.17) is 15.5 Å². The molecule has 1 amide bonds. The molecule has 0 aliphatic carbocycles. The van der Waals surface area contributed by atoms with E-state index < -0.39 is 21.5 Å². The largest absolute Gasteiger partial charge is 0.486 e. The Morgan fingerprint density at radius 1 is 1.17 bits per heavy atom. The highest BCUT2D eigenvalue weighted by Gasteiger charge is 2.26. The van der Waals surface area contributed by atoms with Gasteiger partial charge in [0.05, 0.1) is 16.8 Å². The Bertz CT molecular complexity index is 1450. The van der Waals surface area contributed by atoms with Crippen molar-refractivity contribution in [1.82, 2.24) is 19.8 Å². The van der Waals surface area contributed by atoms with Gasteiger partial charge in [0.2, 0.25) is 5.91 Å². The predicted octanol–water partition coefficient (Wildman–Crippen LogP) is 3.05. The number of nitrogens with zero attached hydrogens (tertiary/aromatic N) is 4. The first-order chi connectivity index (χ1) is 17.0. The quantitative estimate of drug-likeness (QED) is 0.437. The minimum Gasteiger partial charge on any atom is -0.486 e. The second-order valence-corrected chi connectivity index (χ2v) is 10.6. The van der Waals surface area contributed by atoms with Crippen LogP contribution in [0.25, 0.3) is 16.6 Å². The first-order valence-electron chi connectivity index (χ1n) is 11.1. The number of rotatable bonds is 9. The van der Waals surface area contributed by atoms with Crippen LogP contribution in [0.2, 0.25) is 0 Å². The molecule has 0 fully saturated rings. The second-order valence-electron chi connectivity index (χ2n) is 8.69. The van der Waals surface area contributed by atoms with Crippen LogP contribution in [0.5, 0.6) is 5.75 Å². The topological polar surface area (TPSA) is 119 Å². The number of sulfone groups is 1. The van der Waals surface area contributed by atoms with Crippen LogP contribution in [0.3, 0.4) is 0 Å². The number of para-hydroxylation sites is 1. The number of fused-ring (bicyclic) bond motifs is 1. The molecule has 2 heterocycles. The number of hydrogen-bond donors (Lipinski definition) is 1. The SMILES string of the molecule is C=C/C=C(/c1cc(C)nc2c(OCc3c(N)cncc3S(=O)(=O)CC(=O)N(C)C)cccc12)N(C)C. The van der Waals surface area contributed by atoms with Gasteiger partial charge in [0, 0.05) is 62.3 Å². The Morgan fingerprint density at radius 2 is 1.89 bits per heavy atom. The summed E-state index contributed by atoms with van der Waals surface area (Å²) in [6, 6.07) is 7.57. The van der Waals surface area contributed by atoms with Gasteiger partial charge in [0.25, 0.3) is 0 Å². The van der Waals surface area contributed by atoms with Crippen molar-refractivity contribution in [2.75, 3.05) is 39.7 Å². The lowest BCUT2D eigenvalue weighted by Gasteiger charge is -2.20. The smallest absolute Gasteiger partial charge is 0.237 e. The van der Waals surface area contributed by atoms with Crippen molar-refractivity contribution in [1.29, 1.82) is 0 Å². The van der Waals surface area contributed by atoms with Crippen LogP contribution in [-0.2, 0) is 21.2 Å². The maximum atomic E-state index is 13.0. The van der Waals surface area contributed by atoms with E-state index in [0.29, 0.717) is 11.3 Å². The summed E-state index contributed by atoms with van der Waals surface area (Å²) in [4.78, 5) is 23.8. The van der Waals surface area contributed by atoms with Gasteiger partial charge >= 0.3 is 0 Å². The normalized spacial score (nSPS) is 11.9. The first kappa shape index (κ1) is 26.7. The van der Waals surface area contributed by atoms with Gasteiger partial charge < -0.3 is 20.3 Å². The molecule has 10 heteroatoms. The van der Waals surface area contributed by atoms with Gasteiger partial charge in [0.15, 0.2) is 9.84 Å². The lowest BCUT2D eigenvalue weighted by Crippen LogP contribution is -2.29. The molecule has 3 rings (SSSR count). The fourth-order valence-corrected chi connectivity index (χ4v) is 5.21. The van der Waals surface area contributed by atoms with Crippen molar-refractivity contribution in [2.45, 2.75) is 18.4 Å². The van der Waals surface area contributed by atoms with E-state index in [1.807, 2.05) is 50.2 Å². The van der Waals surface area contributed by atoms with E-state index in [9.17, 15) is 13.2 Å². The number of carbonyl (C=O) groups excluding carboxylic acids is 1. The van der Waals surface area contributed by atoms with Gasteiger partial charge in [-0.25, -0.2) is 13.4 Å². The van der Waals surface area contributed by atoms with Crippen LogP contribution in [0, 0.1) is 6.92 Å². The number of amides is 1. The fourth-order valence-electron chi connectivity index (χ4n) is 3.70. The van der Waals surface area contributed by atoms with E-state index in [2.05, 4.69) is 11.6 Å². The molecule has 9 nitrogen and oxygen atoms in total. The molecule has 3 aromatic rings. The lowest BCUT2D eigenvalue weighted by molar-refractivity contribution is -0.125. The minimum atomic E-state index is -4.00. The Labute approximate surface area is 211 Å². The molecule has 0 atom stereocenters. The first-order valence-corrected chi connectivity index (χ1v) is 12.8. The van der Waals surface area contributed by atoms with Gasteiger partial charge in [-0.2, -0.15) is 0 Å². The van der Waals surface area contributed by atoms with E-state index in [1.165, 1.54) is 31.4 Å². The molecule has 0 saturated heterocycles. The molecule has 36 heavy (non-hydrogen) atoms. The summed E-state index contributed by atoms with van der Waals surface area (Å²) in [5.41, 5.74) is 9.83. The standard InChI is InChI=1S/C26H31N5O4S/c1-7-9-22(30(3)4)19-12-17(2)29-26-18(19)10-8-11-23(26)35-15-20-21(27)13-28-14-24(20)36(33,34)16-25(32)31(5)6/h7-14H,1,15-16,27H2,2-6H3/b22-9-. The zero-order valence-electron chi connectivity index (χ0n) is 21.1. The molecule has 1 aromatic carbocycles. The third kappa shape index (κ3) is 5.65. The molecule has 0 aliphatic rings. The molecular weight excluding hydrogens is 478 g/mol. The zero-order valence-corrected chi connectivity index (χ0v) is 22.0. The number of nitrogen functional groups attached to an aromatic ring is 1. The van der Waals surface area contributed by atoms with E-state index in [0.717, 1.165) is 22.3 Å². The fraction of sp³-hybridized carbons (Fsp3) is 0.269. The second kappa shape index (κ2) is 10.8. The average molecular weight is 510 g/mol. The van der Waals surface area contributed by atoms with E-state index in [-0.39, 0.29) is 22.8 Å². The van der Waals surface area contributed by atoms with Crippen molar-refractivity contribution >= 4 is 38.0 Å². The molecule has 0 radical (unpaired) electrons. The molecule has 0 saturated carbocycles. The summed E-state index contributed by atoms with van der Waals surface area (Å²) in [5.74, 6) is -0.771. The predicted molar refractivity (Wildman–Crippen MR) is 142 cm³/mol. The number of carbonyl (C=O) groups is 1. The number of aryl methyl sites for hydroxylation is 1. The average Bonchev–Trinajstić information content (AvgIpc) is 2.80. The number of allylic oxidation sites excluding steroid dienone is 2. The summed E-state index contributed by atoms with van der Waals surface area (Å²) in [7, 11) is 2.90. The van der Waals surface area contributed by atoms with E-state index >= 15 is 0 Å². The molecule has 0 spiro atoms. The summed E-state index contributed by atoms with van der Waals surface area (Å²) in [5, 5.41) is 0.868. The summed E-state index contributed by atoms with van der Waals surface area (Å²) in [6.45, 7) is 5.57. The highest BCUT2D eigenvalue weighted by molar-refractivity contribution is 7.92. The summed E-state index contributed by atoms with van der Waals surface area (Å²) in [6.07, 6.45) is 6.21. The highest BCUT2D eigenvalue weighted by Crippen LogP contribution is 2.33. The van der Waals surface area contributed by atoms with Crippen molar-refractivity contribution in [3.63, 3.8) is 0 Å². The Balaban J connectivity index is 2.06. The van der Waals surface area contributed by atoms with Crippen molar-refractivity contribution in [2.24, 2.45) is 0 Å². The van der Waals surface area contributed by atoms with Crippen LogP contribution in [-0.4, -0.2) is 68.0 Å². The lowest BCUT2D eigenvalue weighted by atomic mass is 10.0. The molecule has 2 N–H and O–H groups in total.